The standard InChI is InChI=1S/C12H15IN6O3/c13-8-7-9(14)15-6-16-10(7)19(17-8)5-12(22)1-3-18(4-2-12)11(20)21/h6,22H,1-5H2,(H,20,21)(H2,14,15,16). The number of halogens is 1. The molecular formula is C12H15IN6O3. The first-order valence-corrected chi connectivity index (χ1v) is 7.80. The van der Waals surface area contributed by atoms with Crippen LogP contribution in [0, 0.1) is 3.70 Å². The summed E-state index contributed by atoms with van der Waals surface area (Å²) in [5, 5.41) is 24.7. The van der Waals surface area contributed by atoms with Gasteiger partial charge in [0.1, 0.15) is 15.8 Å². The lowest BCUT2D eigenvalue weighted by Crippen LogP contribution is -2.48. The van der Waals surface area contributed by atoms with Gasteiger partial charge in [-0.25, -0.2) is 19.4 Å². The Morgan fingerprint density at radius 3 is 2.73 bits per heavy atom. The van der Waals surface area contributed by atoms with E-state index in [1.807, 2.05) is 0 Å². The van der Waals surface area contributed by atoms with E-state index in [0.29, 0.717) is 46.5 Å². The molecule has 1 aliphatic heterocycles. The summed E-state index contributed by atoms with van der Waals surface area (Å²) in [6.45, 7) is 0.856. The molecule has 2 aromatic heterocycles. The molecule has 2 aromatic rings. The lowest BCUT2D eigenvalue weighted by molar-refractivity contribution is -0.0312. The number of piperidine rings is 1. The number of carboxylic acid groups (broad SMARTS) is 1. The van der Waals surface area contributed by atoms with Crippen LogP contribution < -0.4 is 5.73 Å². The van der Waals surface area contributed by atoms with Crippen molar-refractivity contribution in [2.24, 2.45) is 0 Å². The lowest BCUT2D eigenvalue weighted by Gasteiger charge is -2.36. The Hall–Kier alpha value is -1.69. The normalized spacial score (nSPS) is 17.8. The van der Waals surface area contributed by atoms with Crippen LogP contribution in [-0.2, 0) is 6.54 Å². The molecule has 3 heterocycles. The Labute approximate surface area is 139 Å². The van der Waals surface area contributed by atoms with E-state index < -0.39 is 11.7 Å². The minimum absolute atomic E-state index is 0.246. The highest BCUT2D eigenvalue weighted by Crippen LogP contribution is 2.28. The quantitative estimate of drug-likeness (QED) is 0.606. The Kier molecular flexibility index (Phi) is 3.80. The van der Waals surface area contributed by atoms with Gasteiger partial charge in [0, 0.05) is 13.1 Å². The summed E-state index contributed by atoms with van der Waals surface area (Å²) in [6, 6.07) is 0. The van der Waals surface area contributed by atoms with Gasteiger partial charge in [-0.2, -0.15) is 5.10 Å². The molecule has 22 heavy (non-hydrogen) atoms. The fourth-order valence-electron chi connectivity index (χ4n) is 2.65. The van der Waals surface area contributed by atoms with Crippen LogP contribution in [0.15, 0.2) is 6.33 Å². The van der Waals surface area contributed by atoms with Crippen LogP contribution in [-0.4, -0.2) is 59.6 Å². The first-order chi connectivity index (χ1) is 10.4. The van der Waals surface area contributed by atoms with Crippen molar-refractivity contribution in [1.82, 2.24) is 24.6 Å². The molecule has 0 unspecified atom stereocenters. The van der Waals surface area contributed by atoms with Crippen molar-refractivity contribution >= 4 is 45.5 Å². The first-order valence-electron chi connectivity index (χ1n) is 6.72. The van der Waals surface area contributed by atoms with E-state index in [0.717, 1.165) is 0 Å². The monoisotopic (exact) mass is 418 g/mol. The molecule has 3 rings (SSSR count). The number of likely N-dealkylation sites (tertiary alicyclic amines) is 1. The van der Waals surface area contributed by atoms with Crippen molar-refractivity contribution < 1.29 is 15.0 Å². The number of hydrogen-bond acceptors (Lipinski definition) is 6. The molecule has 0 bridgehead atoms. The van der Waals surface area contributed by atoms with Gasteiger partial charge in [-0.1, -0.05) is 0 Å². The fourth-order valence-corrected chi connectivity index (χ4v) is 3.43. The average Bonchev–Trinajstić information content (AvgIpc) is 2.76. The molecular weight excluding hydrogens is 403 g/mol. The van der Waals surface area contributed by atoms with E-state index in [9.17, 15) is 9.90 Å². The Balaban J connectivity index is 1.85. The van der Waals surface area contributed by atoms with Gasteiger partial charge in [0.15, 0.2) is 5.65 Å². The molecule has 1 aliphatic rings. The number of anilines is 1. The van der Waals surface area contributed by atoms with Gasteiger partial charge < -0.3 is 20.8 Å². The highest BCUT2D eigenvalue weighted by molar-refractivity contribution is 14.1. The molecule has 4 N–H and O–H groups in total. The summed E-state index contributed by atoms with van der Waals surface area (Å²) in [7, 11) is 0. The number of nitrogens with two attached hydrogens (primary N) is 1. The van der Waals surface area contributed by atoms with Gasteiger partial charge >= 0.3 is 6.09 Å². The number of nitrogen functional groups attached to an aromatic ring is 1. The van der Waals surface area contributed by atoms with Crippen LogP contribution in [0.4, 0.5) is 10.6 Å². The molecule has 10 heteroatoms. The molecule has 0 saturated carbocycles. The predicted molar refractivity (Wildman–Crippen MR) is 86.2 cm³/mol. The largest absolute Gasteiger partial charge is 0.465 e. The first kappa shape index (κ1) is 15.2. The number of hydrogen-bond donors (Lipinski definition) is 3. The van der Waals surface area contributed by atoms with Crippen LogP contribution in [0.25, 0.3) is 11.0 Å². The van der Waals surface area contributed by atoms with Crippen molar-refractivity contribution in [3.8, 4) is 0 Å². The van der Waals surface area contributed by atoms with Gasteiger partial charge in [0.25, 0.3) is 0 Å². The van der Waals surface area contributed by atoms with Crippen molar-refractivity contribution in [3.63, 3.8) is 0 Å². The summed E-state index contributed by atoms with van der Waals surface area (Å²) < 4.78 is 2.29. The molecule has 1 amide bonds. The van der Waals surface area contributed by atoms with E-state index in [1.54, 1.807) is 4.68 Å². The number of fused-ring (bicyclic) bond motifs is 1. The smallest absolute Gasteiger partial charge is 0.407 e. The minimum Gasteiger partial charge on any atom is -0.465 e. The van der Waals surface area contributed by atoms with Crippen LogP contribution in [0.2, 0.25) is 0 Å². The maximum Gasteiger partial charge on any atom is 0.407 e. The maximum atomic E-state index is 10.9. The highest BCUT2D eigenvalue weighted by Gasteiger charge is 2.35. The van der Waals surface area contributed by atoms with Crippen molar-refractivity contribution in [2.75, 3.05) is 18.8 Å². The highest BCUT2D eigenvalue weighted by atomic mass is 127. The molecule has 0 atom stereocenters. The van der Waals surface area contributed by atoms with Crippen molar-refractivity contribution in [2.45, 2.75) is 25.0 Å². The molecule has 0 spiro atoms. The molecule has 0 aromatic carbocycles. The van der Waals surface area contributed by atoms with Crippen LogP contribution in [0.5, 0.6) is 0 Å². The van der Waals surface area contributed by atoms with E-state index in [4.69, 9.17) is 10.8 Å². The van der Waals surface area contributed by atoms with Crippen LogP contribution in [0.3, 0.4) is 0 Å². The second kappa shape index (κ2) is 5.50. The topological polar surface area (TPSA) is 130 Å². The third kappa shape index (κ3) is 2.67. The zero-order valence-corrected chi connectivity index (χ0v) is 13.8. The molecule has 0 aliphatic carbocycles. The van der Waals surface area contributed by atoms with Gasteiger partial charge in [0.05, 0.1) is 17.5 Å². The van der Waals surface area contributed by atoms with Crippen molar-refractivity contribution in [3.05, 3.63) is 10.0 Å². The number of aromatic nitrogens is 4. The third-order valence-electron chi connectivity index (χ3n) is 3.92. The summed E-state index contributed by atoms with van der Waals surface area (Å²) in [6.07, 6.45) is 1.13. The van der Waals surface area contributed by atoms with E-state index >= 15 is 0 Å². The molecule has 1 fully saturated rings. The Bertz CT molecular complexity index is 725. The average molecular weight is 418 g/mol. The number of aliphatic hydroxyl groups is 1. The number of amides is 1. The minimum atomic E-state index is -1.01. The van der Waals surface area contributed by atoms with E-state index in [1.165, 1.54) is 11.2 Å². The molecule has 118 valence electrons. The number of nitrogens with zero attached hydrogens (tertiary/aromatic N) is 5. The molecule has 1 saturated heterocycles. The lowest BCUT2D eigenvalue weighted by atomic mass is 9.91. The van der Waals surface area contributed by atoms with Crippen LogP contribution >= 0.6 is 22.6 Å². The fraction of sp³-hybridized carbons (Fsp3) is 0.500. The third-order valence-corrected chi connectivity index (χ3v) is 4.68. The van der Waals surface area contributed by atoms with Crippen molar-refractivity contribution in [1.29, 1.82) is 0 Å². The maximum absolute atomic E-state index is 10.9. The van der Waals surface area contributed by atoms with Gasteiger partial charge in [0.2, 0.25) is 0 Å². The number of rotatable bonds is 2. The van der Waals surface area contributed by atoms with Crippen LogP contribution in [0.1, 0.15) is 12.8 Å². The van der Waals surface area contributed by atoms with Gasteiger partial charge in [-0.3, -0.25) is 0 Å². The zero-order chi connectivity index (χ0) is 15.9. The second-order valence-corrected chi connectivity index (χ2v) is 6.42. The van der Waals surface area contributed by atoms with Gasteiger partial charge in [-0.15, -0.1) is 0 Å². The summed E-state index contributed by atoms with van der Waals surface area (Å²) >= 11 is 2.06. The van der Waals surface area contributed by atoms with E-state index in [2.05, 4.69) is 37.7 Å². The van der Waals surface area contributed by atoms with E-state index in [-0.39, 0.29) is 6.54 Å². The summed E-state index contributed by atoms with van der Waals surface area (Å²) in [5.41, 5.74) is 5.41. The number of carbonyl (C=O) groups is 1. The summed E-state index contributed by atoms with van der Waals surface area (Å²) in [5.74, 6) is 0.355. The Morgan fingerprint density at radius 1 is 1.41 bits per heavy atom. The second-order valence-electron chi connectivity index (χ2n) is 5.40. The van der Waals surface area contributed by atoms with Gasteiger partial charge in [-0.05, 0) is 35.4 Å². The Morgan fingerprint density at radius 2 is 2.09 bits per heavy atom. The predicted octanol–water partition coefficient (Wildman–Crippen LogP) is 0.518. The molecule has 9 nitrogen and oxygen atoms in total. The SMILES string of the molecule is Nc1ncnc2c1c(I)nn2CC1(O)CCN(C(=O)O)CC1. The zero-order valence-electron chi connectivity index (χ0n) is 11.6. The summed E-state index contributed by atoms with van der Waals surface area (Å²) in [4.78, 5) is 20.4. The molecule has 0 radical (unpaired) electrons.